The maximum atomic E-state index is 13.1. The highest BCUT2D eigenvalue weighted by Crippen LogP contribution is 2.45. The lowest BCUT2D eigenvalue weighted by Crippen LogP contribution is -2.30. The lowest BCUT2D eigenvalue weighted by molar-refractivity contribution is -0.161. The van der Waals surface area contributed by atoms with Gasteiger partial charge in [-0.25, -0.2) is 9.13 Å². The van der Waals surface area contributed by atoms with Crippen LogP contribution in [0.3, 0.4) is 0 Å². The van der Waals surface area contributed by atoms with Crippen LogP contribution in [0.4, 0.5) is 0 Å². The van der Waals surface area contributed by atoms with Crippen LogP contribution in [-0.2, 0) is 65.4 Å². The highest BCUT2D eigenvalue weighted by Gasteiger charge is 2.30. The number of esters is 4. The Balaban J connectivity index is 5.25. The van der Waals surface area contributed by atoms with Crippen molar-refractivity contribution < 1.29 is 80.2 Å². The van der Waals surface area contributed by atoms with E-state index in [4.69, 9.17) is 37.0 Å². The van der Waals surface area contributed by atoms with Gasteiger partial charge in [0, 0.05) is 25.7 Å². The third kappa shape index (κ3) is 70.4. The molecule has 0 spiro atoms. The summed E-state index contributed by atoms with van der Waals surface area (Å²) in [5.41, 5.74) is 0. The van der Waals surface area contributed by atoms with Crippen molar-refractivity contribution in [1.29, 1.82) is 0 Å². The fourth-order valence-electron chi connectivity index (χ4n) is 11.4. The Morgan fingerprint density at radius 3 is 0.918 bits per heavy atom. The number of hydrogen-bond donors (Lipinski definition) is 3. The number of hydrogen-bond acceptors (Lipinski definition) is 15. The average Bonchev–Trinajstić information content (AvgIpc) is 1.03. The minimum absolute atomic E-state index is 0.0839. The largest absolute Gasteiger partial charge is 0.472 e. The number of carbonyl (C=O) groups is 4. The third-order valence-electron chi connectivity index (χ3n) is 17.9. The highest BCUT2D eigenvalue weighted by atomic mass is 31.2. The van der Waals surface area contributed by atoms with E-state index in [9.17, 15) is 43.2 Å². The van der Waals surface area contributed by atoms with Gasteiger partial charge in [-0.15, -0.1) is 0 Å². The van der Waals surface area contributed by atoms with Crippen molar-refractivity contribution in [2.45, 2.75) is 394 Å². The van der Waals surface area contributed by atoms with Crippen molar-refractivity contribution in [3.8, 4) is 0 Å². The molecule has 572 valence electrons. The Hall–Kier alpha value is -2.46. The van der Waals surface area contributed by atoms with Gasteiger partial charge < -0.3 is 33.8 Å². The van der Waals surface area contributed by atoms with Crippen molar-refractivity contribution in [3.05, 3.63) is 24.3 Å². The Kier molecular flexibility index (Phi) is 66.3. The first-order valence-electron chi connectivity index (χ1n) is 39.7. The van der Waals surface area contributed by atoms with E-state index in [0.717, 1.165) is 127 Å². The zero-order valence-corrected chi connectivity index (χ0v) is 64.8. The average molecular weight is 1420 g/mol. The fourth-order valence-corrected chi connectivity index (χ4v) is 13.0. The lowest BCUT2D eigenvalue weighted by Gasteiger charge is -2.21. The van der Waals surface area contributed by atoms with Crippen LogP contribution >= 0.6 is 15.6 Å². The molecule has 0 saturated heterocycles. The van der Waals surface area contributed by atoms with Gasteiger partial charge in [-0.1, -0.05) is 323 Å². The summed E-state index contributed by atoms with van der Waals surface area (Å²) in [4.78, 5) is 72.8. The van der Waals surface area contributed by atoms with Crippen molar-refractivity contribution in [1.82, 2.24) is 0 Å². The van der Waals surface area contributed by atoms with Crippen LogP contribution in [0, 0.1) is 17.8 Å². The standard InChI is InChI=1S/C78H148O17P2/c1-8-10-11-12-13-14-15-16-19-24-27-33-38-47-54-61-77(82)95-74(66-89-76(81)60-53-46-41-40-44-51-58-71(7)9-2)68-93-97(86,87)91-64-72(79)63-90-96(84,85)92-67-73(94-78(83)62-55-48-39-34-29-28-31-36-43-50-57-70(5)6)65-88-75(80)59-52-45-37-32-26-23-21-18-17-20-22-25-30-35-42-49-56-69(3)4/h14-16,19,69-74,79H,8-13,17-18,20-68H2,1-7H3,(H,84,85)(H,86,87)/b15-14-,19-16-/t71?,72-,73-,74-/m1/s1. The van der Waals surface area contributed by atoms with Gasteiger partial charge in [-0.05, 0) is 69.1 Å². The smallest absolute Gasteiger partial charge is 0.462 e. The van der Waals surface area contributed by atoms with Crippen LogP contribution < -0.4 is 0 Å². The first kappa shape index (κ1) is 94.5. The van der Waals surface area contributed by atoms with Crippen molar-refractivity contribution in [2.75, 3.05) is 39.6 Å². The van der Waals surface area contributed by atoms with Crippen LogP contribution in [0.15, 0.2) is 24.3 Å². The molecule has 97 heavy (non-hydrogen) atoms. The Morgan fingerprint density at radius 1 is 0.340 bits per heavy atom. The zero-order chi connectivity index (χ0) is 71.6. The second-order valence-corrected chi connectivity index (χ2v) is 31.5. The fraction of sp³-hybridized carbons (Fsp3) is 0.897. The number of aliphatic hydroxyl groups is 1. The summed E-state index contributed by atoms with van der Waals surface area (Å²) in [7, 11) is -9.93. The Labute approximate surface area is 592 Å². The molecule has 0 aromatic rings. The number of rotatable bonds is 74. The van der Waals surface area contributed by atoms with Crippen molar-refractivity contribution in [2.24, 2.45) is 17.8 Å². The van der Waals surface area contributed by atoms with E-state index < -0.39 is 97.5 Å². The zero-order valence-electron chi connectivity index (χ0n) is 63.0. The second-order valence-electron chi connectivity index (χ2n) is 28.6. The molecule has 0 heterocycles. The van der Waals surface area contributed by atoms with E-state index in [1.807, 2.05) is 0 Å². The Morgan fingerprint density at radius 2 is 0.608 bits per heavy atom. The molecular formula is C78H148O17P2. The predicted molar refractivity (Wildman–Crippen MR) is 395 cm³/mol. The van der Waals surface area contributed by atoms with Gasteiger partial charge in [0.05, 0.1) is 26.4 Å². The quantitative estimate of drug-likeness (QED) is 0.0169. The first-order valence-corrected chi connectivity index (χ1v) is 42.7. The molecule has 3 N–H and O–H groups in total. The monoisotopic (exact) mass is 1420 g/mol. The number of phosphoric acid groups is 2. The third-order valence-corrected chi connectivity index (χ3v) is 19.8. The first-order chi connectivity index (χ1) is 46.8. The van der Waals surface area contributed by atoms with E-state index >= 15 is 0 Å². The lowest BCUT2D eigenvalue weighted by atomic mass is 10.00. The molecule has 0 amide bonds. The molecule has 0 aromatic carbocycles. The molecule has 0 rings (SSSR count). The van der Waals surface area contributed by atoms with E-state index in [1.54, 1.807) is 0 Å². The molecule has 3 unspecified atom stereocenters. The summed E-state index contributed by atoms with van der Waals surface area (Å²) in [6.07, 6.45) is 57.8. The molecule has 0 aliphatic rings. The molecule has 0 radical (unpaired) electrons. The predicted octanol–water partition coefficient (Wildman–Crippen LogP) is 22.5. The summed E-state index contributed by atoms with van der Waals surface area (Å²) >= 11 is 0. The minimum Gasteiger partial charge on any atom is -0.462 e. The summed E-state index contributed by atoms with van der Waals surface area (Å²) in [6.45, 7) is 11.8. The van der Waals surface area contributed by atoms with Crippen molar-refractivity contribution in [3.63, 3.8) is 0 Å². The van der Waals surface area contributed by atoms with Crippen LogP contribution in [-0.4, -0.2) is 96.7 Å². The highest BCUT2D eigenvalue weighted by molar-refractivity contribution is 7.47. The number of aliphatic hydroxyl groups excluding tert-OH is 1. The molecule has 0 aromatic heterocycles. The molecule has 19 heteroatoms. The van der Waals surface area contributed by atoms with Gasteiger partial charge in [-0.3, -0.25) is 37.3 Å². The number of allylic oxidation sites excluding steroid dienone is 4. The summed E-state index contributed by atoms with van der Waals surface area (Å²) in [6, 6.07) is 0. The van der Waals surface area contributed by atoms with Crippen molar-refractivity contribution >= 4 is 39.5 Å². The van der Waals surface area contributed by atoms with Gasteiger partial charge in [0.15, 0.2) is 12.2 Å². The Bertz CT molecular complexity index is 1980. The molecule has 0 bridgehead atoms. The van der Waals surface area contributed by atoms with Crippen LogP contribution in [0.5, 0.6) is 0 Å². The van der Waals surface area contributed by atoms with Crippen LogP contribution in [0.2, 0.25) is 0 Å². The molecule has 0 saturated carbocycles. The minimum atomic E-state index is -4.96. The van der Waals surface area contributed by atoms with Gasteiger partial charge >= 0.3 is 39.5 Å². The van der Waals surface area contributed by atoms with Crippen LogP contribution in [0.25, 0.3) is 0 Å². The molecule has 17 nitrogen and oxygen atoms in total. The van der Waals surface area contributed by atoms with Gasteiger partial charge in [0.1, 0.15) is 19.3 Å². The molecule has 6 atom stereocenters. The summed E-state index contributed by atoms with van der Waals surface area (Å²) < 4.78 is 68.5. The number of phosphoric ester groups is 2. The summed E-state index contributed by atoms with van der Waals surface area (Å²) in [5, 5.41) is 10.6. The maximum absolute atomic E-state index is 13.1. The van der Waals surface area contributed by atoms with Gasteiger partial charge in [-0.2, -0.15) is 0 Å². The normalized spacial score (nSPS) is 14.5. The van der Waals surface area contributed by atoms with E-state index in [2.05, 4.69) is 72.8 Å². The van der Waals surface area contributed by atoms with E-state index in [-0.39, 0.29) is 25.7 Å². The van der Waals surface area contributed by atoms with E-state index in [0.29, 0.717) is 25.7 Å². The van der Waals surface area contributed by atoms with E-state index in [1.165, 1.54) is 167 Å². The summed E-state index contributed by atoms with van der Waals surface area (Å²) in [5.74, 6) is 0.142. The SMILES string of the molecule is CCCCCC/C=C\C=C/CCCCCCCC(=O)O[C@H](COC(=O)CCCCCCCCC(C)CC)COP(=O)(O)OC[C@H](O)COP(=O)(O)OC[C@@H](COC(=O)CCCCCCCCCCCCCCCCCCC(C)C)OC(=O)CCCCCCCCCCCCC(C)C. The van der Waals surface area contributed by atoms with Crippen LogP contribution in [0.1, 0.15) is 376 Å². The van der Waals surface area contributed by atoms with Gasteiger partial charge in [0.25, 0.3) is 0 Å². The molecule has 0 aliphatic heterocycles. The second kappa shape index (κ2) is 68.0. The number of ether oxygens (including phenoxy) is 4. The number of carbonyl (C=O) groups excluding carboxylic acids is 4. The maximum Gasteiger partial charge on any atom is 0.472 e. The molecular weight excluding hydrogens is 1270 g/mol. The molecule has 0 fully saturated rings. The topological polar surface area (TPSA) is 237 Å². The molecule has 0 aliphatic carbocycles. The number of unbranched alkanes of at least 4 members (excludes halogenated alkanes) is 38. The van der Waals surface area contributed by atoms with Gasteiger partial charge in [0.2, 0.25) is 0 Å².